The molecule has 0 unspecified atom stereocenters. The molecule has 3 rings (SSSR count). The maximum Gasteiger partial charge on any atom is 0.327 e. The van der Waals surface area contributed by atoms with Crippen molar-refractivity contribution < 1.29 is 9.90 Å². The Labute approximate surface area is 113 Å². The second-order valence-corrected chi connectivity index (χ2v) is 4.72. The predicted octanol–water partition coefficient (Wildman–Crippen LogP) is 3.98. The van der Waals surface area contributed by atoms with Crippen LogP contribution < -0.4 is 0 Å². The van der Waals surface area contributed by atoms with Gasteiger partial charge >= 0.3 is 5.97 Å². The fraction of sp³-hybridized carbons (Fsp3) is 0.235. The zero-order valence-electron chi connectivity index (χ0n) is 10.9. The number of aliphatic carboxylic acids is 1. The summed E-state index contributed by atoms with van der Waals surface area (Å²) in [5.41, 5.74) is 3.16. The van der Waals surface area contributed by atoms with E-state index >= 15 is 0 Å². The minimum Gasteiger partial charge on any atom is -0.478 e. The molecule has 0 saturated heterocycles. The minimum atomic E-state index is -0.981. The highest BCUT2D eigenvalue weighted by Gasteiger charge is 2.09. The van der Waals surface area contributed by atoms with Gasteiger partial charge < -0.3 is 5.11 Å². The van der Waals surface area contributed by atoms with E-state index in [-0.39, 0.29) is 0 Å². The summed E-state index contributed by atoms with van der Waals surface area (Å²) in [4.78, 5) is 9.25. The van der Waals surface area contributed by atoms with Crippen LogP contribution in [0.5, 0.6) is 0 Å². The average Bonchev–Trinajstić information content (AvgIpc) is 2.45. The zero-order valence-corrected chi connectivity index (χ0v) is 10.9. The van der Waals surface area contributed by atoms with Gasteiger partial charge in [0.25, 0.3) is 0 Å². The molecule has 2 aromatic rings. The van der Waals surface area contributed by atoms with E-state index in [0.717, 1.165) is 6.08 Å². The molecule has 1 N–H and O–H groups in total. The van der Waals surface area contributed by atoms with Gasteiger partial charge in [-0.1, -0.05) is 43.0 Å². The van der Waals surface area contributed by atoms with E-state index in [4.69, 9.17) is 5.11 Å². The summed E-state index contributed by atoms with van der Waals surface area (Å²) in [7, 11) is 0. The van der Waals surface area contributed by atoms with Crippen LogP contribution in [0.3, 0.4) is 0 Å². The topological polar surface area (TPSA) is 37.3 Å². The molecule has 1 aliphatic carbocycles. The van der Waals surface area contributed by atoms with Gasteiger partial charge in [0, 0.05) is 6.08 Å². The van der Waals surface area contributed by atoms with Crippen molar-refractivity contribution in [3.63, 3.8) is 0 Å². The first-order chi connectivity index (χ1) is 9.20. The van der Waals surface area contributed by atoms with Crippen molar-refractivity contribution in [1.29, 1.82) is 0 Å². The van der Waals surface area contributed by atoms with Crippen LogP contribution in [0.1, 0.15) is 24.0 Å². The van der Waals surface area contributed by atoms with E-state index in [2.05, 4.69) is 43.0 Å². The first kappa shape index (κ1) is 13.3. The van der Waals surface area contributed by atoms with E-state index in [9.17, 15) is 4.79 Å². The highest BCUT2D eigenvalue weighted by atomic mass is 16.4. The van der Waals surface area contributed by atoms with Crippen LogP contribution in [0.2, 0.25) is 0 Å². The van der Waals surface area contributed by atoms with Crippen LogP contribution in [-0.4, -0.2) is 11.1 Å². The van der Waals surface area contributed by atoms with Crippen molar-refractivity contribution in [2.75, 3.05) is 0 Å². The number of hydrogen-bond donors (Lipinski definition) is 1. The molecule has 1 aliphatic rings. The van der Waals surface area contributed by atoms with Crippen LogP contribution >= 0.6 is 0 Å². The summed E-state index contributed by atoms with van der Waals surface area (Å²) < 4.78 is 0. The van der Waals surface area contributed by atoms with Crippen molar-refractivity contribution >= 4 is 16.7 Å². The quantitative estimate of drug-likeness (QED) is 0.782. The van der Waals surface area contributed by atoms with E-state index < -0.39 is 5.97 Å². The third-order valence-corrected chi connectivity index (χ3v) is 3.38. The second kappa shape index (κ2) is 6.19. The van der Waals surface area contributed by atoms with E-state index in [0.29, 0.717) is 0 Å². The average molecular weight is 254 g/mol. The first-order valence-corrected chi connectivity index (χ1v) is 6.56. The molecule has 0 aromatic heterocycles. The lowest BCUT2D eigenvalue weighted by molar-refractivity contribution is -0.131. The van der Waals surface area contributed by atoms with Gasteiger partial charge in [0.2, 0.25) is 0 Å². The fourth-order valence-electron chi connectivity index (χ4n) is 2.43. The maximum atomic E-state index is 9.25. The summed E-state index contributed by atoms with van der Waals surface area (Å²) in [6.45, 7) is 2.96. The van der Waals surface area contributed by atoms with Gasteiger partial charge in [0.05, 0.1) is 0 Å². The van der Waals surface area contributed by atoms with Crippen molar-refractivity contribution in [3.8, 4) is 0 Å². The van der Waals surface area contributed by atoms with Crippen molar-refractivity contribution in [2.45, 2.75) is 25.7 Å². The summed E-state index contributed by atoms with van der Waals surface area (Å²) in [5, 5.41) is 10.4. The fourth-order valence-corrected chi connectivity index (χ4v) is 2.43. The Morgan fingerprint density at radius 3 is 1.84 bits per heavy atom. The monoisotopic (exact) mass is 254 g/mol. The van der Waals surface area contributed by atoms with Crippen LogP contribution in [0, 0.1) is 0 Å². The molecule has 0 atom stereocenters. The van der Waals surface area contributed by atoms with Crippen LogP contribution in [0.15, 0.2) is 49.1 Å². The van der Waals surface area contributed by atoms with Gasteiger partial charge in [-0.15, -0.1) is 0 Å². The van der Waals surface area contributed by atoms with Gasteiger partial charge in [0.1, 0.15) is 0 Å². The largest absolute Gasteiger partial charge is 0.478 e. The van der Waals surface area contributed by atoms with Crippen LogP contribution in [0.4, 0.5) is 0 Å². The molecule has 0 fully saturated rings. The molecular formula is C17H18O2. The molecule has 0 heterocycles. The Bertz CT molecular complexity index is 555. The van der Waals surface area contributed by atoms with E-state index in [1.807, 2.05) is 0 Å². The zero-order chi connectivity index (χ0) is 13.7. The lowest BCUT2D eigenvalue weighted by Gasteiger charge is -2.16. The van der Waals surface area contributed by atoms with Gasteiger partial charge in [0.15, 0.2) is 0 Å². The maximum absolute atomic E-state index is 9.25. The van der Waals surface area contributed by atoms with Gasteiger partial charge in [-0.05, 0) is 47.6 Å². The Balaban J connectivity index is 0.000000232. The molecule has 0 radical (unpaired) electrons. The highest BCUT2D eigenvalue weighted by molar-refractivity contribution is 5.84. The van der Waals surface area contributed by atoms with Gasteiger partial charge in [-0.2, -0.15) is 0 Å². The number of aryl methyl sites for hydroxylation is 2. The number of carboxylic acid groups (broad SMARTS) is 1. The number of carbonyl (C=O) groups is 1. The number of hydrogen-bond acceptors (Lipinski definition) is 1. The van der Waals surface area contributed by atoms with Crippen molar-refractivity contribution in [2.24, 2.45) is 0 Å². The predicted molar refractivity (Wildman–Crippen MR) is 78.4 cm³/mol. The molecule has 2 aromatic carbocycles. The molecule has 0 spiro atoms. The molecular weight excluding hydrogens is 236 g/mol. The standard InChI is InChI=1S/C14H14.C3H4O2/c1-2-6-12-10-14-8-4-3-7-13(14)9-11(12)5-1;1-2-3(4)5/h1-2,5-6,9-10H,3-4,7-8H2;2H,1H2,(H,4,5). The smallest absolute Gasteiger partial charge is 0.327 e. The minimum absolute atomic E-state index is 0.833. The molecule has 19 heavy (non-hydrogen) atoms. The Kier molecular flexibility index (Phi) is 4.35. The Hall–Kier alpha value is -2.09. The van der Waals surface area contributed by atoms with Gasteiger partial charge in [-0.3, -0.25) is 0 Å². The number of benzene rings is 2. The number of carboxylic acids is 1. The van der Waals surface area contributed by atoms with Crippen molar-refractivity contribution in [1.82, 2.24) is 0 Å². The SMILES string of the molecule is C=CC(=O)O.c1ccc2cc3c(cc2c1)CCCC3. The molecule has 2 nitrogen and oxygen atoms in total. The molecule has 0 saturated carbocycles. The molecule has 0 amide bonds. The molecule has 98 valence electrons. The lowest BCUT2D eigenvalue weighted by Crippen LogP contribution is -2.01. The highest BCUT2D eigenvalue weighted by Crippen LogP contribution is 2.26. The van der Waals surface area contributed by atoms with Crippen LogP contribution in [0.25, 0.3) is 10.8 Å². The second-order valence-electron chi connectivity index (χ2n) is 4.72. The molecule has 2 heteroatoms. The normalized spacial score (nSPS) is 13.1. The lowest BCUT2D eigenvalue weighted by atomic mass is 9.89. The Morgan fingerprint density at radius 2 is 1.47 bits per heavy atom. The third-order valence-electron chi connectivity index (χ3n) is 3.38. The van der Waals surface area contributed by atoms with Crippen molar-refractivity contribution in [3.05, 3.63) is 60.2 Å². The molecule has 0 bridgehead atoms. The Morgan fingerprint density at radius 1 is 1.05 bits per heavy atom. The number of fused-ring (bicyclic) bond motifs is 2. The third kappa shape index (κ3) is 3.44. The first-order valence-electron chi connectivity index (χ1n) is 6.56. The van der Waals surface area contributed by atoms with Crippen LogP contribution in [-0.2, 0) is 17.6 Å². The summed E-state index contributed by atoms with van der Waals surface area (Å²) in [5.74, 6) is -0.981. The van der Waals surface area contributed by atoms with Gasteiger partial charge in [-0.25, -0.2) is 4.79 Å². The van der Waals surface area contributed by atoms with E-state index in [1.54, 1.807) is 11.1 Å². The summed E-state index contributed by atoms with van der Waals surface area (Å²) in [6, 6.07) is 13.4. The number of rotatable bonds is 1. The summed E-state index contributed by atoms with van der Waals surface area (Å²) in [6.07, 6.45) is 6.12. The van der Waals surface area contributed by atoms with E-state index in [1.165, 1.54) is 36.5 Å². The molecule has 0 aliphatic heterocycles. The summed E-state index contributed by atoms with van der Waals surface area (Å²) >= 11 is 0.